The summed E-state index contributed by atoms with van der Waals surface area (Å²) in [6, 6.07) is 7.91. The Morgan fingerprint density at radius 2 is 1.96 bits per heavy atom. The summed E-state index contributed by atoms with van der Waals surface area (Å²) < 4.78 is 18.1. The lowest BCUT2D eigenvalue weighted by Crippen LogP contribution is -2.50. The molecule has 26 heavy (non-hydrogen) atoms. The second-order valence-corrected chi connectivity index (χ2v) is 7.23. The Morgan fingerprint density at radius 1 is 1.15 bits per heavy atom. The van der Waals surface area contributed by atoms with E-state index in [2.05, 4.69) is 0 Å². The molecule has 2 aliphatic rings. The third kappa shape index (κ3) is 3.00. The maximum absolute atomic E-state index is 13.2. The third-order valence-electron chi connectivity index (χ3n) is 5.52. The van der Waals surface area contributed by atoms with Gasteiger partial charge in [-0.3, -0.25) is 9.59 Å². The van der Waals surface area contributed by atoms with Crippen LogP contribution in [-0.2, 0) is 11.3 Å². The summed E-state index contributed by atoms with van der Waals surface area (Å²) >= 11 is 0. The molecule has 3 heterocycles. The van der Waals surface area contributed by atoms with Crippen molar-refractivity contribution in [3.05, 3.63) is 59.8 Å². The molecular weight excluding hydrogens is 335 g/mol. The standard InChI is InChI=1S/C20H21FN2O3/c21-17-4-2-15(3-5-17)12-22-9-1-7-20(19(22)25)8-10-23(14-20)18(24)16-6-11-26-13-16/h2-6,11,13H,1,7-10,12,14H2/t20-/m1/s1. The van der Waals surface area contributed by atoms with Gasteiger partial charge in [0.2, 0.25) is 5.91 Å². The molecule has 0 unspecified atom stereocenters. The summed E-state index contributed by atoms with van der Waals surface area (Å²) in [5.41, 5.74) is 0.951. The lowest BCUT2D eigenvalue weighted by molar-refractivity contribution is -0.146. The first-order valence-electron chi connectivity index (χ1n) is 8.93. The molecular formula is C20H21FN2O3. The molecule has 136 valence electrons. The first-order chi connectivity index (χ1) is 12.6. The monoisotopic (exact) mass is 356 g/mol. The van der Waals surface area contributed by atoms with Gasteiger partial charge < -0.3 is 14.2 Å². The van der Waals surface area contributed by atoms with Crippen LogP contribution in [0.25, 0.3) is 0 Å². The molecule has 6 heteroatoms. The zero-order valence-electron chi connectivity index (χ0n) is 14.5. The van der Waals surface area contributed by atoms with Gasteiger partial charge in [0.1, 0.15) is 12.1 Å². The molecule has 2 aromatic rings. The molecule has 2 saturated heterocycles. The first-order valence-corrected chi connectivity index (χ1v) is 8.93. The lowest BCUT2D eigenvalue weighted by Gasteiger charge is -2.39. The highest BCUT2D eigenvalue weighted by atomic mass is 19.1. The Balaban J connectivity index is 1.47. The van der Waals surface area contributed by atoms with Gasteiger partial charge in [-0.15, -0.1) is 0 Å². The zero-order chi connectivity index (χ0) is 18.1. The number of amides is 2. The van der Waals surface area contributed by atoms with Crippen molar-refractivity contribution in [2.75, 3.05) is 19.6 Å². The van der Waals surface area contributed by atoms with Crippen LogP contribution < -0.4 is 0 Å². The van der Waals surface area contributed by atoms with E-state index in [1.807, 2.05) is 4.90 Å². The van der Waals surface area contributed by atoms with Crippen LogP contribution in [0, 0.1) is 11.2 Å². The molecule has 4 rings (SSSR count). The van der Waals surface area contributed by atoms with E-state index in [0.29, 0.717) is 38.2 Å². The minimum atomic E-state index is -0.488. The quantitative estimate of drug-likeness (QED) is 0.849. The number of carbonyl (C=O) groups is 2. The number of furan rings is 1. The van der Waals surface area contributed by atoms with Gasteiger partial charge in [-0.1, -0.05) is 12.1 Å². The highest BCUT2D eigenvalue weighted by Gasteiger charge is 2.49. The Bertz CT molecular complexity index is 803. The molecule has 0 radical (unpaired) electrons. The van der Waals surface area contributed by atoms with Crippen molar-refractivity contribution >= 4 is 11.8 Å². The molecule has 1 aromatic heterocycles. The molecule has 0 bridgehead atoms. The number of halogens is 1. The number of benzene rings is 1. The van der Waals surface area contributed by atoms with Gasteiger partial charge in [-0.25, -0.2) is 4.39 Å². The van der Waals surface area contributed by atoms with E-state index in [9.17, 15) is 14.0 Å². The van der Waals surface area contributed by atoms with Gasteiger partial charge in [-0.05, 0) is 43.0 Å². The average Bonchev–Trinajstić information content (AvgIpc) is 3.31. The number of hydrogen-bond acceptors (Lipinski definition) is 3. The predicted octanol–water partition coefficient (Wildman–Crippen LogP) is 3.07. The van der Waals surface area contributed by atoms with Crippen molar-refractivity contribution in [1.82, 2.24) is 9.80 Å². The van der Waals surface area contributed by atoms with Crippen molar-refractivity contribution in [2.45, 2.75) is 25.8 Å². The summed E-state index contributed by atoms with van der Waals surface area (Å²) in [6.07, 6.45) is 5.34. The molecule has 5 nitrogen and oxygen atoms in total. The number of carbonyl (C=O) groups excluding carboxylic acids is 2. The van der Waals surface area contributed by atoms with Crippen LogP contribution in [0.15, 0.2) is 47.3 Å². The van der Waals surface area contributed by atoms with Gasteiger partial charge >= 0.3 is 0 Å². The van der Waals surface area contributed by atoms with Gasteiger partial charge in [0.05, 0.1) is 17.2 Å². The average molecular weight is 356 g/mol. The highest BCUT2D eigenvalue weighted by Crippen LogP contribution is 2.41. The van der Waals surface area contributed by atoms with E-state index in [4.69, 9.17) is 4.42 Å². The topological polar surface area (TPSA) is 53.8 Å². The zero-order valence-corrected chi connectivity index (χ0v) is 14.5. The Labute approximate surface area is 151 Å². The van der Waals surface area contributed by atoms with Crippen molar-refractivity contribution in [2.24, 2.45) is 5.41 Å². The molecule has 0 saturated carbocycles. The van der Waals surface area contributed by atoms with Crippen LogP contribution in [-0.4, -0.2) is 41.2 Å². The van der Waals surface area contributed by atoms with Gasteiger partial charge in [0.25, 0.3) is 5.91 Å². The minimum Gasteiger partial charge on any atom is -0.472 e. The van der Waals surface area contributed by atoms with Crippen LogP contribution in [0.2, 0.25) is 0 Å². The van der Waals surface area contributed by atoms with E-state index >= 15 is 0 Å². The summed E-state index contributed by atoms with van der Waals surface area (Å²) in [5, 5.41) is 0. The van der Waals surface area contributed by atoms with Gasteiger partial charge in [0, 0.05) is 26.2 Å². The van der Waals surface area contributed by atoms with Crippen molar-refractivity contribution in [3.8, 4) is 0 Å². The fourth-order valence-electron chi connectivity index (χ4n) is 4.11. The molecule has 1 spiro atoms. The van der Waals surface area contributed by atoms with Crippen LogP contribution in [0.5, 0.6) is 0 Å². The Kier molecular flexibility index (Phi) is 4.26. The Morgan fingerprint density at radius 3 is 2.69 bits per heavy atom. The van der Waals surface area contributed by atoms with E-state index in [-0.39, 0.29) is 17.6 Å². The molecule has 2 aliphatic heterocycles. The number of likely N-dealkylation sites (tertiary alicyclic amines) is 2. The van der Waals surface area contributed by atoms with E-state index in [1.165, 1.54) is 24.7 Å². The predicted molar refractivity (Wildman–Crippen MR) is 92.7 cm³/mol. The fraction of sp³-hybridized carbons (Fsp3) is 0.400. The minimum absolute atomic E-state index is 0.0842. The highest BCUT2D eigenvalue weighted by molar-refractivity contribution is 5.95. The van der Waals surface area contributed by atoms with Crippen LogP contribution in [0.1, 0.15) is 35.2 Å². The molecule has 0 N–H and O–H groups in total. The van der Waals surface area contributed by atoms with Crippen LogP contribution in [0.3, 0.4) is 0 Å². The number of rotatable bonds is 3. The van der Waals surface area contributed by atoms with Gasteiger partial charge in [0.15, 0.2) is 0 Å². The summed E-state index contributed by atoms with van der Waals surface area (Å²) in [6.45, 7) is 2.22. The largest absolute Gasteiger partial charge is 0.472 e. The summed E-state index contributed by atoms with van der Waals surface area (Å²) in [4.78, 5) is 29.3. The Hall–Kier alpha value is -2.63. The smallest absolute Gasteiger partial charge is 0.257 e. The van der Waals surface area contributed by atoms with E-state index < -0.39 is 5.41 Å². The molecule has 2 fully saturated rings. The van der Waals surface area contributed by atoms with Crippen LogP contribution in [0.4, 0.5) is 4.39 Å². The third-order valence-corrected chi connectivity index (χ3v) is 5.52. The molecule has 0 aliphatic carbocycles. The molecule has 1 aromatic carbocycles. The number of hydrogen-bond donors (Lipinski definition) is 0. The maximum atomic E-state index is 13.2. The van der Waals surface area contributed by atoms with Crippen molar-refractivity contribution in [3.63, 3.8) is 0 Å². The lowest BCUT2D eigenvalue weighted by atomic mass is 9.78. The van der Waals surface area contributed by atoms with E-state index in [0.717, 1.165) is 18.4 Å². The molecule has 2 amide bonds. The van der Waals surface area contributed by atoms with Crippen molar-refractivity contribution < 1.29 is 18.4 Å². The van der Waals surface area contributed by atoms with E-state index in [1.54, 1.807) is 23.1 Å². The SMILES string of the molecule is O=C(c1ccoc1)N1CC[C@]2(CCCN(Cc3ccc(F)cc3)C2=O)C1. The summed E-state index contributed by atoms with van der Waals surface area (Å²) in [7, 11) is 0. The first kappa shape index (κ1) is 16.8. The van der Waals surface area contributed by atoms with Gasteiger partial charge in [-0.2, -0.15) is 0 Å². The second-order valence-electron chi connectivity index (χ2n) is 7.23. The fourth-order valence-corrected chi connectivity index (χ4v) is 4.11. The second kappa shape index (κ2) is 6.59. The maximum Gasteiger partial charge on any atom is 0.257 e. The normalized spacial score (nSPS) is 23.0. The van der Waals surface area contributed by atoms with Crippen molar-refractivity contribution in [1.29, 1.82) is 0 Å². The summed E-state index contributed by atoms with van der Waals surface area (Å²) in [5.74, 6) is -0.256. The number of piperidine rings is 1. The van der Waals surface area contributed by atoms with Crippen LogP contribution >= 0.6 is 0 Å². The molecule has 1 atom stereocenters. The number of nitrogens with zero attached hydrogens (tertiary/aromatic N) is 2.